The van der Waals surface area contributed by atoms with Crippen LogP contribution in [0.3, 0.4) is 0 Å². The summed E-state index contributed by atoms with van der Waals surface area (Å²) in [5, 5.41) is 0. The summed E-state index contributed by atoms with van der Waals surface area (Å²) >= 11 is 0. The van der Waals surface area contributed by atoms with Gasteiger partial charge in [-0.1, -0.05) is 12.1 Å². The van der Waals surface area contributed by atoms with Crippen molar-refractivity contribution in [3.8, 4) is 0 Å². The maximum absolute atomic E-state index is 12.9. The van der Waals surface area contributed by atoms with Crippen molar-refractivity contribution in [3.05, 3.63) is 35.6 Å². The summed E-state index contributed by atoms with van der Waals surface area (Å²) in [5.41, 5.74) is 0.959. The lowest BCUT2D eigenvalue weighted by atomic mass is 10.1. The molecule has 1 unspecified atom stereocenters. The number of hydrogen-bond donors (Lipinski definition) is 0. The first-order valence-electron chi connectivity index (χ1n) is 9.53. The molecule has 6 heteroatoms. The fourth-order valence-electron chi connectivity index (χ4n) is 3.56. The number of amides is 2. The summed E-state index contributed by atoms with van der Waals surface area (Å²) in [4.78, 5) is 28.4. The van der Waals surface area contributed by atoms with Gasteiger partial charge >= 0.3 is 0 Å². The number of piperazine rings is 1. The molecule has 2 aliphatic rings. The lowest BCUT2D eigenvalue weighted by molar-refractivity contribution is -0.141. The molecule has 1 aromatic carbocycles. The van der Waals surface area contributed by atoms with Crippen LogP contribution in [0.1, 0.15) is 37.7 Å². The Balaban J connectivity index is 1.39. The van der Waals surface area contributed by atoms with E-state index < -0.39 is 0 Å². The van der Waals surface area contributed by atoms with Crippen molar-refractivity contribution in [1.29, 1.82) is 0 Å². The molecule has 2 heterocycles. The molecule has 2 aliphatic heterocycles. The third-order valence-electron chi connectivity index (χ3n) is 5.20. The molecule has 0 aliphatic carbocycles. The molecule has 2 fully saturated rings. The number of halogens is 1. The van der Waals surface area contributed by atoms with Crippen molar-refractivity contribution in [2.45, 2.75) is 44.6 Å². The van der Waals surface area contributed by atoms with E-state index >= 15 is 0 Å². The van der Waals surface area contributed by atoms with E-state index in [0.29, 0.717) is 45.4 Å². The van der Waals surface area contributed by atoms with Crippen LogP contribution in [0, 0.1) is 5.82 Å². The molecule has 3 rings (SSSR count). The largest absolute Gasteiger partial charge is 0.378 e. The number of benzene rings is 1. The maximum atomic E-state index is 12.9. The monoisotopic (exact) mass is 362 g/mol. The molecule has 0 saturated carbocycles. The van der Waals surface area contributed by atoms with Crippen LogP contribution in [-0.2, 0) is 20.7 Å². The molecule has 0 bridgehead atoms. The van der Waals surface area contributed by atoms with Gasteiger partial charge in [0.1, 0.15) is 5.82 Å². The van der Waals surface area contributed by atoms with Crippen molar-refractivity contribution in [3.63, 3.8) is 0 Å². The van der Waals surface area contributed by atoms with Crippen LogP contribution in [-0.4, -0.2) is 60.5 Å². The summed E-state index contributed by atoms with van der Waals surface area (Å²) in [6.45, 7) is 3.11. The maximum Gasteiger partial charge on any atom is 0.225 e. The molecule has 0 spiro atoms. The number of rotatable bonds is 5. The second-order valence-electron chi connectivity index (χ2n) is 7.08. The Morgan fingerprint density at radius 1 is 1.00 bits per heavy atom. The highest BCUT2D eigenvalue weighted by Crippen LogP contribution is 2.17. The average molecular weight is 362 g/mol. The molecular formula is C20H27FN2O3. The highest BCUT2D eigenvalue weighted by atomic mass is 19.1. The standard InChI is InChI=1S/C20H27FN2O3/c21-17-7-4-16(5-8-17)6-9-19(24)22-10-12-23(13-11-22)20(25)15-18-3-1-2-14-26-18/h4-5,7-8,18H,1-3,6,9-15H2. The summed E-state index contributed by atoms with van der Waals surface area (Å²) in [5.74, 6) is -0.0353. The van der Waals surface area contributed by atoms with E-state index in [1.165, 1.54) is 12.1 Å². The van der Waals surface area contributed by atoms with Gasteiger partial charge in [-0.3, -0.25) is 9.59 Å². The zero-order valence-electron chi connectivity index (χ0n) is 15.2. The van der Waals surface area contributed by atoms with Crippen LogP contribution in [0.15, 0.2) is 24.3 Å². The first-order chi connectivity index (χ1) is 12.6. The van der Waals surface area contributed by atoms with Crippen molar-refractivity contribution in [2.75, 3.05) is 32.8 Å². The molecule has 1 aromatic rings. The number of nitrogens with zero attached hydrogens (tertiary/aromatic N) is 2. The van der Waals surface area contributed by atoms with Crippen LogP contribution < -0.4 is 0 Å². The lowest BCUT2D eigenvalue weighted by Crippen LogP contribution is -2.51. The Hall–Kier alpha value is -1.95. The molecule has 0 radical (unpaired) electrons. The quantitative estimate of drug-likeness (QED) is 0.808. The van der Waals surface area contributed by atoms with Gasteiger partial charge in [0.05, 0.1) is 12.5 Å². The summed E-state index contributed by atoms with van der Waals surface area (Å²) < 4.78 is 18.6. The minimum Gasteiger partial charge on any atom is -0.378 e. The summed E-state index contributed by atoms with van der Waals surface area (Å²) in [6.07, 6.45) is 4.72. The Morgan fingerprint density at radius 2 is 1.65 bits per heavy atom. The first-order valence-corrected chi connectivity index (χ1v) is 9.53. The first kappa shape index (κ1) is 18.8. The predicted molar refractivity (Wildman–Crippen MR) is 96.1 cm³/mol. The van der Waals surface area contributed by atoms with Gasteiger partial charge in [0.2, 0.25) is 11.8 Å². The molecule has 2 amide bonds. The summed E-state index contributed by atoms with van der Waals surface area (Å²) in [6, 6.07) is 6.26. The van der Waals surface area contributed by atoms with Gasteiger partial charge < -0.3 is 14.5 Å². The zero-order valence-corrected chi connectivity index (χ0v) is 15.2. The van der Waals surface area contributed by atoms with Gasteiger partial charge in [-0.25, -0.2) is 4.39 Å². The van der Waals surface area contributed by atoms with Crippen molar-refractivity contribution < 1.29 is 18.7 Å². The van der Waals surface area contributed by atoms with E-state index in [0.717, 1.165) is 31.4 Å². The van der Waals surface area contributed by atoms with Gasteiger partial charge in [-0.15, -0.1) is 0 Å². The van der Waals surface area contributed by atoms with E-state index in [1.807, 2.05) is 9.80 Å². The number of aryl methyl sites for hydroxylation is 1. The normalized spacial score (nSPS) is 20.9. The molecule has 142 valence electrons. The lowest BCUT2D eigenvalue weighted by Gasteiger charge is -2.35. The fraction of sp³-hybridized carbons (Fsp3) is 0.600. The van der Waals surface area contributed by atoms with Gasteiger partial charge in [-0.05, 0) is 43.4 Å². The van der Waals surface area contributed by atoms with Crippen molar-refractivity contribution >= 4 is 11.8 Å². The van der Waals surface area contributed by atoms with Crippen molar-refractivity contribution in [2.24, 2.45) is 0 Å². The van der Waals surface area contributed by atoms with Gasteiger partial charge in [-0.2, -0.15) is 0 Å². The number of carbonyl (C=O) groups excluding carboxylic acids is 2. The van der Waals surface area contributed by atoms with Gasteiger partial charge in [0.15, 0.2) is 0 Å². The second kappa shape index (κ2) is 9.12. The fourth-order valence-corrected chi connectivity index (χ4v) is 3.56. The van der Waals surface area contributed by atoms with Crippen LogP contribution in [0.2, 0.25) is 0 Å². The second-order valence-corrected chi connectivity index (χ2v) is 7.08. The van der Waals surface area contributed by atoms with Crippen LogP contribution in [0.4, 0.5) is 4.39 Å². The molecule has 0 aromatic heterocycles. The SMILES string of the molecule is O=C(CCc1ccc(F)cc1)N1CCN(C(=O)CC2CCCCO2)CC1. The van der Waals surface area contributed by atoms with Crippen LogP contribution in [0.5, 0.6) is 0 Å². The number of ether oxygens (including phenoxy) is 1. The van der Waals surface area contributed by atoms with Gasteiger partial charge in [0.25, 0.3) is 0 Å². The molecule has 0 N–H and O–H groups in total. The molecule has 5 nitrogen and oxygen atoms in total. The smallest absolute Gasteiger partial charge is 0.225 e. The number of carbonyl (C=O) groups is 2. The molecule has 26 heavy (non-hydrogen) atoms. The van der Waals surface area contributed by atoms with E-state index in [1.54, 1.807) is 12.1 Å². The highest BCUT2D eigenvalue weighted by molar-refractivity contribution is 5.79. The minimum absolute atomic E-state index is 0.0617. The Kier molecular flexibility index (Phi) is 6.61. The Morgan fingerprint density at radius 3 is 2.27 bits per heavy atom. The third-order valence-corrected chi connectivity index (χ3v) is 5.20. The van der Waals surface area contributed by atoms with E-state index in [2.05, 4.69) is 0 Å². The van der Waals surface area contributed by atoms with Crippen LogP contribution >= 0.6 is 0 Å². The topological polar surface area (TPSA) is 49.9 Å². The average Bonchev–Trinajstić information content (AvgIpc) is 2.68. The Bertz CT molecular complexity index is 606. The van der Waals surface area contributed by atoms with E-state index in [-0.39, 0.29) is 23.7 Å². The molecule has 2 saturated heterocycles. The minimum atomic E-state index is -0.264. The number of hydrogen-bond acceptors (Lipinski definition) is 3. The molecule has 1 atom stereocenters. The van der Waals surface area contributed by atoms with E-state index in [4.69, 9.17) is 4.74 Å². The Labute approximate surface area is 154 Å². The molecular weight excluding hydrogens is 335 g/mol. The van der Waals surface area contributed by atoms with E-state index in [9.17, 15) is 14.0 Å². The predicted octanol–water partition coefficient (Wildman–Crippen LogP) is 2.39. The highest BCUT2D eigenvalue weighted by Gasteiger charge is 2.26. The zero-order chi connectivity index (χ0) is 18.4. The van der Waals surface area contributed by atoms with Gasteiger partial charge in [0, 0.05) is 39.2 Å². The van der Waals surface area contributed by atoms with Crippen molar-refractivity contribution in [1.82, 2.24) is 9.80 Å². The summed E-state index contributed by atoms with van der Waals surface area (Å²) in [7, 11) is 0. The van der Waals surface area contributed by atoms with Crippen LogP contribution in [0.25, 0.3) is 0 Å². The third kappa shape index (κ3) is 5.27.